The predicted molar refractivity (Wildman–Crippen MR) is 50.9 cm³/mol. The van der Waals surface area contributed by atoms with Crippen molar-refractivity contribution in [1.82, 2.24) is 10.3 Å². The summed E-state index contributed by atoms with van der Waals surface area (Å²) in [6.45, 7) is 0.765. The molecule has 0 atom stereocenters. The number of nitrogens with zero attached hydrogens (tertiary/aromatic N) is 2. The van der Waals surface area contributed by atoms with E-state index < -0.39 is 0 Å². The van der Waals surface area contributed by atoms with E-state index in [1.54, 1.807) is 6.20 Å². The van der Waals surface area contributed by atoms with E-state index in [4.69, 9.17) is 5.26 Å². The van der Waals surface area contributed by atoms with E-state index in [2.05, 4.69) is 16.4 Å². The average Bonchev–Trinajstić information content (AvgIpc) is 2.17. The lowest BCUT2D eigenvalue weighted by atomic mass is 10.1. The zero-order chi connectivity index (χ0) is 9.52. The molecule has 0 saturated heterocycles. The van der Waals surface area contributed by atoms with Gasteiger partial charge in [-0.15, -0.1) is 0 Å². The van der Waals surface area contributed by atoms with Gasteiger partial charge in [0.25, 0.3) is 0 Å². The number of hydrogen-bond acceptors (Lipinski definition) is 3. The van der Waals surface area contributed by atoms with Crippen LogP contribution in [0.15, 0.2) is 18.3 Å². The van der Waals surface area contributed by atoms with Gasteiger partial charge in [-0.3, -0.25) is 4.98 Å². The van der Waals surface area contributed by atoms with Crippen LogP contribution in [-0.2, 0) is 13.0 Å². The number of rotatable bonds is 4. The summed E-state index contributed by atoms with van der Waals surface area (Å²) in [5, 5.41) is 11.5. The molecule has 3 nitrogen and oxygen atoms in total. The van der Waals surface area contributed by atoms with E-state index in [9.17, 15) is 0 Å². The maximum Gasteiger partial charge on any atom is 0.0625 e. The zero-order valence-electron chi connectivity index (χ0n) is 7.75. The largest absolute Gasteiger partial charge is 0.314 e. The van der Waals surface area contributed by atoms with E-state index in [-0.39, 0.29) is 0 Å². The molecule has 3 heteroatoms. The summed E-state index contributed by atoms with van der Waals surface area (Å²) in [4.78, 5) is 4.25. The molecular weight excluding hydrogens is 162 g/mol. The predicted octanol–water partition coefficient (Wildman–Crippen LogP) is 1.26. The topological polar surface area (TPSA) is 48.7 Å². The summed E-state index contributed by atoms with van der Waals surface area (Å²) >= 11 is 0. The monoisotopic (exact) mass is 175 g/mol. The summed E-state index contributed by atoms with van der Waals surface area (Å²) in [5.74, 6) is 0. The molecule has 1 aromatic rings. The smallest absolute Gasteiger partial charge is 0.0625 e. The number of nitrogens with one attached hydrogen (secondary N) is 1. The fourth-order valence-electron chi connectivity index (χ4n) is 1.22. The molecule has 0 unspecified atom stereocenters. The standard InChI is InChI=1S/C10H13N3/c1-12-8-10-9(4-2-6-11)5-3-7-13-10/h3,5,7,12H,2,4,8H2,1H3. The first-order valence-corrected chi connectivity index (χ1v) is 4.32. The van der Waals surface area contributed by atoms with Crippen LogP contribution in [0.25, 0.3) is 0 Å². The van der Waals surface area contributed by atoms with E-state index in [1.165, 1.54) is 5.56 Å². The first-order valence-electron chi connectivity index (χ1n) is 4.32. The van der Waals surface area contributed by atoms with Crippen molar-refractivity contribution in [3.8, 4) is 6.07 Å². The third-order valence-corrected chi connectivity index (χ3v) is 1.83. The summed E-state index contributed by atoms with van der Waals surface area (Å²) in [6.07, 6.45) is 3.13. The Labute approximate surface area is 78.4 Å². The molecule has 0 spiro atoms. The molecule has 0 aliphatic carbocycles. The van der Waals surface area contributed by atoms with Crippen molar-refractivity contribution >= 4 is 0 Å². The molecule has 1 rings (SSSR count). The highest BCUT2D eigenvalue weighted by Gasteiger charge is 2.00. The molecule has 0 aliphatic rings. The van der Waals surface area contributed by atoms with Crippen molar-refractivity contribution in [2.24, 2.45) is 0 Å². The molecule has 0 bridgehead atoms. The van der Waals surface area contributed by atoms with Crippen LogP contribution in [0.5, 0.6) is 0 Å². The molecule has 0 saturated carbocycles. The number of aromatic nitrogens is 1. The van der Waals surface area contributed by atoms with Crippen LogP contribution < -0.4 is 5.32 Å². The van der Waals surface area contributed by atoms with Gasteiger partial charge in [-0.25, -0.2) is 0 Å². The van der Waals surface area contributed by atoms with Crippen molar-refractivity contribution in [1.29, 1.82) is 5.26 Å². The van der Waals surface area contributed by atoms with Gasteiger partial charge in [0.05, 0.1) is 11.8 Å². The van der Waals surface area contributed by atoms with Gasteiger partial charge >= 0.3 is 0 Å². The lowest BCUT2D eigenvalue weighted by molar-refractivity contribution is 0.772. The molecule has 1 N–H and O–H groups in total. The highest BCUT2D eigenvalue weighted by molar-refractivity contribution is 5.20. The van der Waals surface area contributed by atoms with E-state index >= 15 is 0 Å². The Kier molecular flexibility index (Phi) is 3.94. The summed E-state index contributed by atoms with van der Waals surface area (Å²) in [6, 6.07) is 6.07. The first-order chi connectivity index (χ1) is 6.38. The summed E-state index contributed by atoms with van der Waals surface area (Å²) in [5.41, 5.74) is 2.21. The minimum absolute atomic E-state index is 0.558. The van der Waals surface area contributed by atoms with Crippen LogP contribution >= 0.6 is 0 Å². The maximum atomic E-state index is 8.46. The van der Waals surface area contributed by atoms with Crippen LogP contribution in [0.3, 0.4) is 0 Å². The molecule has 68 valence electrons. The maximum absolute atomic E-state index is 8.46. The number of nitriles is 1. The minimum atomic E-state index is 0.558. The number of pyridine rings is 1. The summed E-state index contributed by atoms with van der Waals surface area (Å²) in [7, 11) is 1.89. The van der Waals surface area contributed by atoms with Crippen LogP contribution in [0.4, 0.5) is 0 Å². The second kappa shape index (κ2) is 5.28. The first kappa shape index (κ1) is 9.69. The van der Waals surface area contributed by atoms with Gasteiger partial charge in [-0.1, -0.05) is 6.07 Å². The lowest BCUT2D eigenvalue weighted by Crippen LogP contribution is -2.09. The van der Waals surface area contributed by atoms with Gasteiger partial charge in [-0.05, 0) is 25.1 Å². The van der Waals surface area contributed by atoms with E-state index in [1.807, 2.05) is 19.2 Å². The Balaban J connectivity index is 2.73. The summed E-state index contributed by atoms with van der Waals surface area (Å²) < 4.78 is 0. The van der Waals surface area contributed by atoms with Crippen molar-refractivity contribution in [2.45, 2.75) is 19.4 Å². The van der Waals surface area contributed by atoms with Crippen LogP contribution in [0, 0.1) is 11.3 Å². The minimum Gasteiger partial charge on any atom is -0.314 e. The second-order valence-corrected chi connectivity index (χ2v) is 2.80. The second-order valence-electron chi connectivity index (χ2n) is 2.80. The lowest BCUT2D eigenvalue weighted by Gasteiger charge is -2.05. The van der Waals surface area contributed by atoms with E-state index in [0.29, 0.717) is 6.42 Å². The normalized spacial score (nSPS) is 9.54. The van der Waals surface area contributed by atoms with Gasteiger partial charge in [0.15, 0.2) is 0 Å². The zero-order valence-corrected chi connectivity index (χ0v) is 7.75. The van der Waals surface area contributed by atoms with Crippen LogP contribution in [-0.4, -0.2) is 12.0 Å². The molecule has 0 radical (unpaired) electrons. The van der Waals surface area contributed by atoms with Crippen molar-refractivity contribution in [3.05, 3.63) is 29.6 Å². The van der Waals surface area contributed by atoms with Gasteiger partial charge in [0.1, 0.15) is 0 Å². The Bertz CT molecular complexity index is 301. The van der Waals surface area contributed by atoms with Crippen molar-refractivity contribution < 1.29 is 0 Å². The van der Waals surface area contributed by atoms with Crippen molar-refractivity contribution in [2.75, 3.05) is 7.05 Å². The van der Waals surface area contributed by atoms with Gasteiger partial charge in [-0.2, -0.15) is 5.26 Å². The molecule has 1 heterocycles. The molecular formula is C10H13N3. The highest BCUT2D eigenvalue weighted by atomic mass is 14.8. The Morgan fingerprint density at radius 3 is 3.15 bits per heavy atom. The molecule has 0 fully saturated rings. The molecule has 0 amide bonds. The van der Waals surface area contributed by atoms with Gasteiger partial charge in [0.2, 0.25) is 0 Å². The van der Waals surface area contributed by atoms with E-state index in [0.717, 1.165) is 18.7 Å². The molecule has 1 aromatic heterocycles. The quantitative estimate of drug-likeness (QED) is 0.749. The fraction of sp³-hybridized carbons (Fsp3) is 0.400. The Morgan fingerprint density at radius 1 is 1.62 bits per heavy atom. The average molecular weight is 175 g/mol. The molecule has 0 aliphatic heterocycles. The fourth-order valence-corrected chi connectivity index (χ4v) is 1.22. The number of hydrogen-bond donors (Lipinski definition) is 1. The van der Waals surface area contributed by atoms with Crippen LogP contribution in [0.1, 0.15) is 17.7 Å². The Hall–Kier alpha value is -1.40. The highest BCUT2D eigenvalue weighted by Crippen LogP contribution is 2.07. The third kappa shape index (κ3) is 2.85. The Morgan fingerprint density at radius 2 is 2.46 bits per heavy atom. The third-order valence-electron chi connectivity index (χ3n) is 1.83. The molecule has 0 aromatic carbocycles. The van der Waals surface area contributed by atoms with Crippen LogP contribution in [0.2, 0.25) is 0 Å². The SMILES string of the molecule is CNCc1ncccc1CCC#N. The van der Waals surface area contributed by atoms with Gasteiger partial charge in [0, 0.05) is 19.2 Å². The van der Waals surface area contributed by atoms with Crippen molar-refractivity contribution in [3.63, 3.8) is 0 Å². The van der Waals surface area contributed by atoms with Gasteiger partial charge < -0.3 is 5.32 Å². The number of aryl methyl sites for hydroxylation is 1. The molecule has 13 heavy (non-hydrogen) atoms.